The summed E-state index contributed by atoms with van der Waals surface area (Å²) in [5.41, 5.74) is 0.924. The van der Waals surface area contributed by atoms with Crippen molar-refractivity contribution in [3.63, 3.8) is 0 Å². The molecule has 1 atom stereocenters. The van der Waals surface area contributed by atoms with Crippen molar-refractivity contribution in [1.82, 2.24) is 19.9 Å². The zero-order valence-electron chi connectivity index (χ0n) is 13.7. The molecule has 1 aromatic rings. The van der Waals surface area contributed by atoms with Gasteiger partial charge in [-0.25, -0.2) is 0 Å². The monoisotopic (exact) mass is 302 g/mol. The van der Waals surface area contributed by atoms with Crippen molar-refractivity contribution in [3.8, 4) is 0 Å². The number of hydrogen-bond donors (Lipinski definition) is 0. The Hall–Kier alpha value is -1.39. The summed E-state index contributed by atoms with van der Waals surface area (Å²) in [6, 6.07) is 0.385. The fourth-order valence-corrected chi connectivity index (χ4v) is 4.75. The normalized spacial score (nSPS) is 26.7. The molecule has 0 aromatic carbocycles. The van der Waals surface area contributed by atoms with E-state index in [1.165, 1.54) is 38.5 Å². The molecule has 1 unspecified atom stereocenters. The second kappa shape index (κ2) is 5.07. The number of carbonyl (C=O) groups excluding carboxylic acids is 1. The van der Waals surface area contributed by atoms with Gasteiger partial charge in [-0.05, 0) is 37.5 Å². The molecule has 4 rings (SSSR count). The number of aromatic nitrogens is 3. The Balaban J connectivity index is 1.48. The third-order valence-corrected chi connectivity index (χ3v) is 5.84. The van der Waals surface area contributed by atoms with Crippen LogP contribution in [0, 0.1) is 17.3 Å². The van der Waals surface area contributed by atoms with Gasteiger partial charge in [0.15, 0.2) is 5.69 Å². The maximum atomic E-state index is 12.8. The van der Waals surface area contributed by atoms with E-state index in [-0.39, 0.29) is 5.91 Å². The van der Waals surface area contributed by atoms with Crippen molar-refractivity contribution in [3.05, 3.63) is 11.9 Å². The molecule has 5 nitrogen and oxygen atoms in total. The summed E-state index contributed by atoms with van der Waals surface area (Å²) in [5.74, 6) is 1.34. The Kier molecular flexibility index (Phi) is 3.27. The first-order valence-electron chi connectivity index (χ1n) is 8.80. The van der Waals surface area contributed by atoms with E-state index in [9.17, 15) is 4.79 Å². The average Bonchev–Trinajstić information content (AvgIpc) is 2.95. The zero-order valence-corrected chi connectivity index (χ0v) is 13.7. The molecule has 1 aromatic heterocycles. The van der Waals surface area contributed by atoms with Crippen molar-refractivity contribution in [2.75, 3.05) is 6.54 Å². The third-order valence-electron chi connectivity index (χ3n) is 5.84. The standard InChI is InChI=1S/C17H26N4O/c1-12(2)15-17(7-3-4-8-17)11-21(15)16(22)14-10-20(19-18-14)9-13-5-6-13/h10,12-13,15H,3-9,11H2,1-2H3. The van der Waals surface area contributed by atoms with Gasteiger partial charge >= 0.3 is 0 Å². The molecular weight excluding hydrogens is 276 g/mol. The number of nitrogens with zero attached hydrogens (tertiary/aromatic N) is 4. The summed E-state index contributed by atoms with van der Waals surface area (Å²) in [6.45, 7) is 6.32. The second-order valence-electron chi connectivity index (χ2n) is 7.96. The Morgan fingerprint density at radius 1 is 1.36 bits per heavy atom. The molecule has 1 amide bonds. The van der Waals surface area contributed by atoms with Gasteiger partial charge in [0.25, 0.3) is 5.91 Å². The zero-order chi connectivity index (χ0) is 15.3. The van der Waals surface area contributed by atoms with Gasteiger partial charge in [-0.1, -0.05) is 31.9 Å². The average molecular weight is 302 g/mol. The van der Waals surface area contributed by atoms with Crippen molar-refractivity contribution >= 4 is 5.91 Å². The number of hydrogen-bond acceptors (Lipinski definition) is 3. The quantitative estimate of drug-likeness (QED) is 0.859. The first kappa shape index (κ1) is 14.2. The Morgan fingerprint density at radius 2 is 2.09 bits per heavy atom. The van der Waals surface area contributed by atoms with Crippen LogP contribution in [0.3, 0.4) is 0 Å². The van der Waals surface area contributed by atoms with Crippen LogP contribution in [0.15, 0.2) is 6.20 Å². The third kappa shape index (κ3) is 2.25. The number of rotatable bonds is 4. The van der Waals surface area contributed by atoms with E-state index < -0.39 is 0 Å². The molecule has 2 heterocycles. The van der Waals surface area contributed by atoms with Crippen LogP contribution in [0.25, 0.3) is 0 Å². The minimum atomic E-state index is 0.0817. The van der Waals surface area contributed by atoms with E-state index in [0.717, 1.165) is 19.0 Å². The fraction of sp³-hybridized carbons (Fsp3) is 0.824. The summed E-state index contributed by atoms with van der Waals surface area (Å²) in [5, 5.41) is 8.27. The molecule has 0 bridgehead atoms. The van der Waals surface area contributed by atoms with Crippen LogP contribution in [0.5, 0.6) is 0 Å². The highest BCUT2D eigenvalue weighted by molar-refractivity contribution is 5.93. The lowest BCUT2D eigenvalue weighted by Crippen LogP contribution is -2.67. The molecule has 3 fully saturated rings. The van der Waals surface area contributed by atoms with Crippen LogP contribution in [0.4, 0.5) is 0 Å². The van der Waals surface area contributed by atoms with Gasteiger partial charge in [-0.2, -0.15) is 0 Å². The molecule has 120 valence electrons. The summed E-state index contributed by atoms with van der Waals surface area (Å²) in [4.78, 5) is 14.9. The van der Waals surface area contributed by atoms with E-state index in [4.69, 9.17) is 0 Å². The smallest absolute Gasteiger partial charge is 0.276 e. The van der Waals surface area contributed by atoms with Gasteiger partial charge in [0, 0.05) is 24.5 Å². The Morgan fingerprint density at radius 3 is 2.73 bits per heavy atom. The van der Waals surface area contributed by atoms with Crippen LogP contribution in [-0.2, 0) is 6.54 Å². The first-order valence-corrected chi connectivity index (χ1v) is 8.80. The summed E-state index contributed by atoms with van der Waals surface area (Å²) in [7, 11) is 0. The van der Waals surface area contributed by atoms with Gasteiger partial charge < -0.3 is 4.90 Å². The van der Waals surface area contributed by atoms with Gasteiger partial charge in [-0.3, -0.25) is 9.48 Å². The molecular formula is C17H26N4O. The Labute approximate surface area is 132 Å². The van der Waals surface area contributed by atoms with Crippen LogP contribution in [-0.4, -0.2) is 38.4 Å². The molecule has 2 aliphatic carbocycles. The molecule has 0 radical (unpaired) electrons. The summed E-state index contributed by atoms with van der Waals surface area (Å²) >= 11 is 0. The molecule has 5 heteroatoms. The molecule has 3 aliphatic rings. The van der Waals surface area contributed by atoms with E-state index >= 15 is 0 Å². The predicted octanol–water partition coefficient (Wildman–Crippen LogP) is 2.73. The van der Waals surface area contributed by atoms with E-state index in [2.05, 4.69) is 29.1 Å². The van der Waals surface area contributed by atoms with E-state index in [1.54, 1.807) is 0 Å². The van der Waals surface area contributed by atoms with Crippen molar-refractivity contribution in [2.24, 2.45) is 17.3 Å². The van der Waals surface area contributed by atoms with Gasteiger partial charge in [0.2, 0.25) is 0 Å². The maximum Gasteiger partial charge on any atom is 0.276 e. The molecule has 0 N–H and O–H groups in total. The largest absolute Gasteiger partial charge is 0.333 e. The highest BCUT2D eigenvalue weighted by Gasteiger charge is 2.56. The van der Waals surface area contributed by atoms with Gasteiger partial charge in [0.05, 0.1) is 6.20 Å². The van der Waals surface area contributed by atoms with Crippen molar-refractivity contribution < 1.29 is 4.79 Å². The minimum absolute atomic E-state index is 0.0817. The molecule has 1 aliphatic heterocycles. The molecule has 1 saturated heterocycles. The van der Waals surface area contributed by atoms with Crippen LogP contribution >= 0.6 is 0 Å². The lowest BCUT2D eigenvalue weighted by Gasteiger charge is -2.58. The number of amides is 1. The highest BCUT2D eigenvalue weighted by atomic mass is 16.2. The van der Waals surface area contributed by atoms with Gasteiger partial charge in [-0.15, -0.1) is 5.10 Å². The summed E-state index contributed by atoms with van der Waals surface area (Å²) < 4.78 is 1.85. The van der Waals surface area contributed by atoms with Gasteiger partial charge in [0.1, 0.15) is 0 Å². The summed E-state index contributed by atoms with van der Waals surface area (Å²) in [6.07, 6.45) is 9.63. The Bertz CT molecular complexity index is 569. The van der Waals surface area contributed by atoms with Crippen LogP contribution < -0.4 is 0 Å². The van der Waals surface area contributed by atoms with Crippen molar-refractivity contribution in [2.45, 2.75) is 65.0 Å². The van der Waals surface area contributed by atoms with Crippen LogP contribution in [0.1, 0.15) is 62.9 Å². The maximum absolute atomic E-state index is 12.8. The van der Waals surface area contributed by atoms with E-state index in [1.807, 2.05) is 10.9 Å². The lowest BCUT2D eigenvalue weighted by atomic mass is 9.66. The highest BCUT2D eigenvalue weighted by Crippen LogP contribution is 2.53. The minimum Gasteiger partial charge on any atom is -0.333 e. The van der Waals surface area contributed by atoms with Crippen LogP contribution in [0.2, 0.25) is 0 Å². The molecule has 22 heavy (non-hydrogen) atoms. The number of carbonyl (C=O) groups is 1. The van der Waals surface area contributed by atoms with Crippen molar-refractivity contribution in [1.29, 1.82) is 0 Å². The second-order valence-corrected chi connectivity index (χ2v) is 7.96. The molecule has 1 spiro atoms. The predicted molar refractivity (Wildman–Crippen MR) is 83.3 cm³/mol. The SMILES string of the molecule is CC(C)C1N(C(=O)c2cn(CC3CC3)nn2)CC12CCCC2. The fourth-order valence-electron chi connectivity index (χ4n) is 4.75. The number of likely N-dealkylation sites (tertiary alicyclic amines) is 1. The lowest BCUT2D eigenvalue weighted by molar-refractivity contribution is -0.0704. The topological polar surface area (TPSA) is 51.0 Å². The molecule has 2 saturated carbocycles. The first-order chi connectivity index (χ1) is 10.6. The van der Waals surface area contributed by atoms with E-state index in [0.29, 0.717) is 23.1 Å².